The summed E-state index contributed by atoms with van der Waals surface area (Å²) in [5.41, 5.74) is 3.28. The van der Waals surface area contributed by atoms with E-state index in [1.54, 1.807) is 0 Å². The van der Waals surface area contributed by atoms with Crippen molar-refractivity contribution >= 4 is 17.0 Å². The van der Waals surface area contributed by atoms with Crippen molar-refractivity contribution in [2.45, 2.75) is 63.8 Å². The maximum Gasteiger partial charge on any atom is 0.433 e. The molecule has 4 heterocycles. The number of fused-ring (bicyclic) bond motifs is 2. The molecule has 0 aliphatic heterocycles. The van der Waals surface area contributed by atoms with Gasteiger partial charge in [-0.25, -0.2) is 19.9 Å². The van der Waals surface area contributed by atoms with Crippen LogP contribution in [0.5, 0.6) is 0 Å². The highest BCUT2D eigenvalue weighted by Crippen LogP contribution is 2.38. The van der Waals surface area contributed by atoms with E-state index in [1.165, 1.54) is 42.8 Å². The van der Waals surface area contributed by atoms with E-state index >= 15 is 0 Å². The van der Waals surface area contributed by atoms with Gasteiger partial charge in [0, 0.05) is 42.5 Å². The summed E-state index contributed by atoms with van der Waals surface area (Å²) >= 11 is 0. The lowest BCUT2D eigenvalue weighted by atomic mass is 9.95. The number of nitrogens with zero attached hydrogens (tertiary/aromatic N) is 7. The molecule has 2 aliphatic rings. The van der Waals surface area contributed by atoms with Gasteiger partial charge in [-0.05, 0) is 44.7 Å². The molecule has 11 heteroatoms. The fourth-order valence-electron chi connectivity index (χ4n) is 4.74. The molecule has 176 valence electrons. The fourth-order valence-corrected chi connectivity index (χ4v) is 4.74. The van der Waals surface area contributed by atoms with Crippen LogP contribution in [0.1, 0.15) is 49.3 Å². The van der Waals surface area contributed by atoms with Crippen molar-refractivity contribution in [2.24, 2.45) is 0 Å². The topological polar surface area (TPSA) is 86.3 Å². The Morgan fingerprint density at radius 1 is 1.09 bits per heavy atom. The van der Waals surface area contributed by atoms with Crippen molar-refractivity contribution < 1.29 is 13.2 Å². The van der Waals surface area contributed by atoms with Gasteiger partial charge in [0.1, 0.15) is 17.8 Å². The highest BCUT2D eigenvalue weighted by molar-refractivity contribution is 5.86. The molecule has 1 N–H and O–H groups in total. The molecule has 0 spiro atoms. The van der Waals surface area contributed by atoms with E-state index in [-0.39, 0.29) is 6.04 Å². The minimum absolute atomic E-state index is 0.183. The minimum atomic E-state index is -4.49. The summed E-state index contributed by atoms with van der Waals surface area (Å²) in [6.07, 6.45) is 5.32. The number of alkyl halides is 3. The van der Waals surface area contributed by atoms with Crippen molar-refractivity contribution in [3.8, 4) is 11.4 Å². The van der Waals surface area contributed by atoms with Crippen LogP contribution in [0, 0.1) is 0 Å². The molecule has 6 rings (SSSR count). The van der Waals surface area contributed by atoms with Gasteiger partial charge in [0.25, 0.3) is 0 Å². The molecular formula is C23H23F3N8. The Bertz CT molecular complexity index is 1350. The predicted octanol–water partition coefficient (Wildman–Crippen LogP) is 4.43. The zero-order valence-electron chi connectivity index (χ0n) is 18.5. The lowest BCUT2D eigenvalue weighted by Gasteiger charge is -2.24. The van der Waals surface area contributed by atoms with Crippen LogP contribution in [0.2, 0.25) is 0 Å². The van der Waals surface area contributed by atoms with Gasteiger partial charge in [-0.15, -0.1) is 0 Å². The molecule has 0 bridgehead atoms. The second-order valence-corrected chi connectivity index (χ2v) is 8.86. The minimum Gasteiger partial charge on any atom is -0.365 e. The first kappa shape index (κ1) is 21.1. The Hall–Kier alpha value is -3.50. The number of pyridine rings is 1. The number of aromatic nitrogens is 7. The van der Waals surface area contributed by atoms with Gasteiger partial charge in [-0.2, -0.15) is 13.2 Å². The number of nitrogens with one attached hydrogen (secondary N) is 1. The third-order valence-corrected chi connectivity index (χ3v) is 6.59. The smallest absolute Gasteiger partial charge is 0.365 e. The normalized spacial score (nSPS) is 18.3. The number of aryl methyl sites for hydroxylation is 2. The molecule has 1 atom stereocenters. The number of rotatable bonds is 5. The van der Waals surface area contributed by atoms with E-state index in [9.17, 15) is 13.2 Å². The van der Waals surface area contributed by atoms with Crippen LogP contribution in [0.3, 0.4) is 0 Å². The van der Waals surface area contributed by atoms with Gasteiger partial charge in [-0.1, -0.05) is 0 Å². The maximum atomic E-state index is 12.9. The molecule has 0 aromatic carbocycles. The Kier molecular flexibility index (Phi) is 4.82. The SMILES string of the molecule is CCn1c(-c2ccc(C(F)(F)F)nc2)nc2c(NC3CCc4ncn(C5CC5)c4C3)ncnc21. The molecule has 4 aromatic heterocycles. The van der Waals surface area contributed by atoms with Crippen molar-refractivity contribution in [2.75, 3.05) is 5.32 Å². The fraction of sp³-hybridized carbons (Fsp3) is 0.435. The van der Waals surface area contributed by atoms with Gasteiger partial charge in [0.15, 0.2) is 17.0 Å². The van der Waals surface area contributed by atoms with E-state index in [2.05, 4.69) is 29.8 Å². The van der Waals surface area contributed by atoms with Crippen molar-refractivity contribution in [3.63, 3.8) is 0 Å². The standard InChI is InChI=1S/C23H23F3N8/c1-2-33-21(13-3-8-18(27-10-13)23(24,25)26)32-19-20(28-11-29-22(19)33)31-14-4-7-16-17(9-14)34(12-30-16)15-5-6-15/h3,8,10-12,14-15H,2,4-7,9H2,1H3,(H,28,29,31). The van der Waals surface area contributed by atoms with Gasteiger partial charge in [0.05, 0.1) is 12.0 Å². The molecule has 4 aromatic rings. The molecule has 0 saturated heterocycles. The highest BCUT2D eigenvalue weighted by atomic mass is 19.4. The van der Waals surface area contributed by atoms with E-state index in [0.717, 1.165) is 25.3 Å². The average molecular weight is 468 g/mol. The van der Waals surface area contributed by atoms with Crippen LogP contribution in [0.15, 0.2) is 31.0 Å². The number of hydrogen-bond donors (Lipinski definition) is 1. The van der Waals surface area contributed by atoms with Crippen LogP contribution in [-0.2, 0) is 25.6 Å². The summed E-state index contributed by atoms with van der Waals surface area (Å²) in [6, 6.07) is 3.14. The predicted molar refractivity (Wildman–Crippen MR) is 119 cm³/mol. The van der Waals surface area contributed by atoms with Crippen LogP contribution >= 0.6 is 0 Å². The summed E-state index contributed by atoms with van der Waals surface area (Å²) < 4.78 is 43.0. The maximum absolute atomic E-state index is 12.9. The first-order valence-electron chi connectivity index (χ1n) is 11.5. The van der Waals surface area contributed by atoms with Crippen LogP contribution in [0.4, 0.5) is 19.0 Å². The van der Waals surface area contributed by atoms with Crippen LogP contribution in [-0.4, -0.2) is 40.1 Å². The van der Waals surface area contributed by atoms with E-state index in [0.29, 0.717) is 41.0 Å². The van der Waals surface area contributed by atoms with E-state index in [4.69, 9.17) is 4.98 Å². The summed E-state index contributed by atoms with van der Waals surface area (Å²) in [6.45, 7) is 2.50. The molecule has 2 aliphatic carbocycles. The molecule has 34 heavy (non-hydrogen) atoms. The number of hydrogen-bond acceptors (Lipinski definition) is 6. The number of anilines is 1. The molecule has 0 amide bonds. The molecule has 1 fully saturated rings. The third kappa shape index (κ3) is 3.59. The zero-order chi connectivity index (χ0) is 23.4. The van der Waals surface area contributed by atoms with Crippen LogP contribution < -0.4 is 5.32 Å². The van der Waals surface area contributed by atoms with Gasteiger partial charge >= 0.3 is 6.18 Å². The summed E-state index contributed by atoms with van der Waals surface area (Å²) in [4.78, 5) is 21.8. The van der Waals surface area contributed by atoms with Crippen molar-refractivity contribution in [3.05, 3.63) is 48.1 Å². The Morgan fingerprint density at radius 3 is 2.65 bits per heavy atom. The Labute approximate surface area is 193 Å². The Balaban J connectivity index is 1.32. The monoisotopic (exact) mass is 468 g/mol. The number of imidazole rings is 2. The third-order valence-electron chi connectivity index (χ3n) is 6.59. The van der Waals surface area contributed by atoms with Crippen LogP contribution in [0.25, 0.3) is 22.6 Å². The molecular weight excluding hydrogens is 445 g/mol. The van der Waals surface area contributed by atoms with Crippen molar-refractivity contribution in [1.82, 2.24) is 34.1 Å². The number of halogens is 3. The summed E-state index contributed by atoms with van der Waals surface area (Å²) in [7, 11) is 0. The first-order valence-corrected chi connectivity index (χ1v) is 11.5. The van der Waals surface area contributed by atoms with E-state index < -0.39 is 11.9 Å². The molecule has 8 nitrogen and oxygen atoms in total. The Morgan fingerprint density at radius 2 is 1.94 bits per heavy atom. The quantitative estimate of drug-likeness (QED) is 0.467. The van der Waals surface area contributed by atoms with Gasteiger partial charge < -0.3 is 14.5 Å². The second kappa shape index (κ2) is 7.78. The van der Waals surface area contributed by atoms with Gasteiger partial charge in [0.2, 0.25) is 0 Å². The lowest BCUT2D eigenvalue weighted by Crippen LogP contribution is -2.29. The summed E-state index contributed by atoms with van der Waals surface area (Å²) in [5.74, 6) is 1.14. The second-order valence-electron chi connectivity index (χ2n) is 8.86. The molecule has 1 saturated carbocycles. The lowest BCUT2D eigenvalue weighted by molar-refractivity contribution is -0.141. The van der Waals surface area contributed by atoms with Crippen molar-refractivity contribution in [1.29, 1.82) is 0 Å². The zero-order valence-corrected chi connectivity index (χ0v) is 18.5. The summed E-state index contributed by atoms with van der Waals surface area (Å²) in [5, 5.41) is 3.55. The molecule has 0 radical (unpaired) electrons. The molecule has 1 unspecified atom stereocenters. The van der Waals surface area contributed by atoms with Gasteiger partial charge in [-0.3, -0.25) is 4.98 Å². The first-order chi connectivity index (χ1) is 16.4. The van der Waals surface area contributed by atoms with E-state index in [1.807, 2.05) is 17.8 Å². The average Bonchev–Trinajstić information content (AvgIpc) is 3.46. The largest absolute Gasteiger partial charge is 0.433 e. The highest BCUT2D eigenvalue weighted by Gasteiger charge is 2.33.